The molecule has 20 heteroatoms. The highest BCUT2D eigenvalue weighted by molar-refractivity contribution is 7.54. The standard InChI is InChI=1S/C24H32N7O7P.C2HF3O2/c1-14(2)19(25)23(32)30-18(24(33)35-3)8-15-4-6-16(7-5-15)38-39(34)13-36-17(10-37-39)9-31-12-29-20-21(26)27-11-28-22(20)31;3-2(4,5)1(6)7/h4-7,11-12,14,17-19H,8-10,13,25H2,1-3H3,(H,30,32)(H2,26,27,28);(H,6,7)/t17-,18-,19-,39?;/m0./s1. The Morgan fingerprint density at radius 2 is 1.85 bits per heavy atom. The van der Waals surface area contributed by atoms with Crippen LogP contribution in [0, 0.1) is 5.92 Å². The molecule has 3 heterocycles. The van der Waals surface area contributed by atoms with Crippen LogP contribution in [0.25, 0.3) is 11.2 Å². The fourth-order valence-electron chi connectivity index (χ4n) is 3.88. The number of anilines is 1. The summed E-state index contributed by atoms with van der Waals surface area (Å²) in [5.74, 6) is -3.30. The highest BCUT2D eigenvalue weighted by Crippen LogP contribution is 2.51. The van der Waals surface area contributed by atoms with Crippen LogP contribution in [-0.2, 0) is 45.9 Å². The number of aromatic nitrogens is 4. The van der Waals surface area contributed by atoms with Gasteiger partial charge in [-0.15, -0.1) is 0 Å². The molecule has 4 atom stereocenters. The maximum Gasteiger partial charge on any atom is 0.490 e. The lowest BCUT2D eigenvalue weighted by Gasteiger charge is -2.29. The highest BCUT2D eigenvalue weighted by Gasteiger charge is 2.38. The van der Waals surface area contributed by atoms with Gasteiger partial charge in [-0.05, 0) is 23.6 Å². The summed E-state index contributed by atoms with van der Waals surface area (Å²) in [6.45, 7) is 4.03. The van der Waals surface area contributed by atoms with Crippen LogP contribution >= 0.6 is 7.60 Å². The molecule has 0 bridgehead atoms. The Hall–Kier alpha value is -4.32. The molecule has 3 aromatic rings. The van der Waals surface area contributed by atoms with Gasteiger partial charge in [-0.3, -0.25) is 9.32 Å². The van der Waals surface area contributed by atoms with E-state index in [1.165, 1.54) is 13.4 Å². The van der Waals surface area contributed by atoms with Gasteiger partial charge < -0.3 is 40.5 Å². The van der Waals surface area contributed by atoms with Crippen LogP contribution in [0.5, 0.6) is 5.75 Å². The minimum Gasteiger partial charge on any atom is -0.475 e. The molecule has 1 aliphatic rings. The molecule has 1 aliphatic heterocycles. The van der Waals surface area contributed by atoms with E-state index in [0.717, 1.165) is 0 Å². The predicted octanol–water partition coefficient (Wildman–Crippen LogP) is 1.87. The molecule has 1 fully saturated rings. The van der Waals surface area contributed by atoms with Gasteiger partial charge in [0.15, 0.2) is 17.8 Å². The normalized spacial score (nSPS) is 19.4. The number of hydrogen-bond donors (Lipinski definition) is 4. The highest BCUT2D eigenvalue weighted by atomic mass is 31.2. The first-order valence-electron chi connectivity index (χ1n) is 13.5. The number of halogens is 3. The van der Waals surface area contributed by atoms with Crippen LogP contribution < -0.4 is 21.3 Å². The van der Waals surface area contributed by atoms with Crippen LogP contribution in [0.3, 0.4) is 0 Å². The zero-order valence-electron chi connectivity index (χ0n) is 24.8. The number of carbonyl (C=O) groups excluding carboxylic acids is 2. The lowest BCUT2D eigenvalue weighted by Crippen LogP contribution is -2.51. The average molecular weight is 676 g/mol. The number of amides is 1. The molecule has 6 N–H and O–H groups in total. The van der Waals surface area contributed by atoms with Crippen molar-refractivity contribution in [3.63, 3.8) is 0 Å². The van der Waals surface area contributed by atoms with Gasteiger partial charge in [0.2, 0.25) is 5.91 Å². The first-order chi connectivity index (χ1) is 21.5. The van der Waals surface area contributed by atoms with E-state index in [-0.39, 0.29) is 31.1 Å². The summed E-state index contributed by atoms with van der Waals surface area (Å²) in [5, 5.41) is 9.77. The van der Waals surface area contributed by atoms with E-state index in [1.807, 2.05) is 13.8 Å². The van der Waals surface area contributed by atoms with E-state index in [4.69, 9.17) is 39.9 Å². The second kappa shape index (κ2) is 15.3. The van der Waals surface area contributed by atoms with Crippen LogP contribution in [-0.4, -0.2) is 86.9 Å². The Kier molecular flexibility index (Phi) is 12.0. The van der Waals surface area contributed by atoms with Gasteiger partial charge in [0.25, 0.3) is 0 Å². The second-order valence-corrected chi connectivity index (χ2v) is 12.2. The van der Waals surface area contributed by atoms with Gasteiger partial charge in [-0.2, -0.15) is 13.2 Å². The summed E-state index contributed by atoms with van der Waals surface area (Å²) in [6, 6.07) is 4.91. The lowest BCUT2D eigenvalue weighted by atomic mass is 10.0. The monoisotopic (exact) mass is 675 g/mol. The molecule has 0 saturated carbocycles. The number of nitrogen functional groups attached to an aromatic ring is 1. The number of carboxylic acids is 1. The number of carboxylic acid groups (broad SMARTS) is 1. The van der Waals surface area contributed by atoms with E-state index in [9.17, 15) is 27.3 Å². The smallest absolute Gasteiger partial charge is 0.475 e. The zero-order chi connectivity index (χ0) is 34.2. The van der Waals surface area contributed by atoms with E-state index < -0.39 is 49.8 Å². The van der Waals surface area contributed by atoms with Gasteiger partial charge in [0, 0.05) is 6.42 Å². The fourth-order valence-corrected chi connectivity index (χ4v) is 5.29. The largest absolute Gasteiger partial charge is 0.490 e. The molecule has 2 aromatic heterocycles. The van der Waals surface area contributed by atoms with Crippen LogP contribution in [0.2, 0.25) is 0 Å². The number of fused-ring (bicyclic) bond motifs is 1. The van der Waals surface area contributed by atoms with Crippen molar-refractivity contribution < 1.29 is 55.7 Å². The Bertz CT molecular complexity index is 1560. The number of imidazole rings is 1. The number of benzene rings is 1. The molecule has 1 saturated heterocycles. The topological polar surface area (TPSA) is 233 Å². The maximum atomic E-state index is 13.1. The maximum absolute atomic E-state index is 13.1. The number of aliphatic carboxylic acids is 1. The van der Waals surface area contributed by atoms with Crippen molar-refractivity contribution in [2.24, 2.45) is 11.7 Å². The summed E-state index contributed by atoms with van der Waals surface area (Å²) in [5.41, 5.74) is 13.5. The molecule has 0 spiro atoms. The minimum absolute atomic E-state index is 0.0363. The Labute approximate surface area is 260 Å². The quantitative estimate of drug-likeness (QED) is 0.178. The lowest BCUT2D eigenvalue weighted by molar-refractivity contribution is -0.192. The van der Waals surface area contributed by atoms with Gasteiger partial charge in [0.05, 0.1) is 32.6 Å². The van der Waals surface area contributed by atoms with Crippen molar-refractivity contribution >= 4 is 42.4 Å². The number of hydrogen-bond acceptors (Lipinski definition) is 13. The number of esters is 1. The Morgan fingerprint density at radius 1 is 1.20 bits per heavy atom. The molecule has 0 aliphatic carbocycles. The average Bonchev–Trinajstić information content (AvgIpc) is 3.41. The summed E-state index contributed by atoms with van der Waals surface area (Å²) in [4.78, 5) is 45.8. The first-order valence-corrected chi connectivity index (χ1v) is 15.2. The van der Waals surface area contributed by atoms with Crippen LogP contribution in [0.4, 0.5) is 19.0 Å². The van der Waals surface area contributed by atoms with Gasteiger partial charge in [-0.1, -0.05) is 26.0 Å². The SMILES string of the molecule is COC(=O)[C@H](Cc1ccc(OP2(=O)CO[C@@H](Cn3cnc4c(N)ncnc43)CO2)cc1)NC(=O)[C@@H](N)C(C)C.O=C(O)C(F)(F)F. The molecule has 1 aromatic carbocycles. The van der Waals surface area contributed by atoms with Gasteiger partial charge in [-0.25, -0.2) is 29.1 Å². The molecule has 4 rings (SSSR count). The number of nitrogens with two attached hydrogens (primary N) is 2. The molecule has 0 radical (unpaired) electrons. The van der Waals surface area contributed by atoms with E-state index in [0.29, 0.717) is 29.0 Å². The summed E-state index contributed by atoms with van der Waals surface area (Å²) < 4.78 is 68.4. The molecule has 1 amide bonds. The van der Waals surface area contributed by atoms with Crippen molar-refractivity contribution in [1.29, 1.82) is 0 Å². The van der Waals surface area contributed by atoms with Crippen molar-refractivity contribution in [1.82, 2.24) is 24.8 Å². The number of nitrogens with one attached hydrogen (secondary N) is 1. The van der Waals surface area contributed by atoms with Crippen molar-refractivity contribution in [3.05, 3.63) is 42.5 Å². The Balaban J connectivity index is 0.000000738. The number of nitrogens with zero attached hydrogens (tertiary/aromatic N) is 4. The Morgan fingerprint density at radius 3 is 2.39 bits per heavy atom. The second-order valence-electron chi connectivity index (χ2n) is 10.2. The predicted molar refractivity (Wildman–Crippen MR) is 154 cm³/mol. The number of alkyl halides is 3. The molecule has 1 unspecified atom stereocenters. The van der Waals surface area contributed by atoms with E-state index in [2.05, 4.69) is 20.3 Å². The third-order valence-electron chi connectivity index (χ3n) is 6.43. The van der Waals surface area contributed by atoms with Crippen molar-refractivity contribution in [2.45, 2.75) is 51.2 Å². The summed E-state index contributed by atoms with van der Waals surface area (Å²) >= 11 is 0. The summed E-state index contributed by atoms with van der Waals surface area (Å²) in [6.07, 6.45) is -2.62. The van der Waals surface area contributed by atoms with Crippen LogP contribution in [0.1, 0.15) is 19.4 Å². The fraction of sp³-hybridized carbons (Fsp3) is 0.462. The van der Waals surface area contributed by atoms with Crippen molar-refractivity contribution in [3.8, 4) is 5.75 Å². The van der Waals surface area contributed by atoms with Gasteiger partial charge in [0.1, 0.15) is 29.7 Å². The number of carbonyl (C=O) groups is 3. The number of methoxy groups -OCH3 is 1. The van der Waals surface area contributed by atoms with E-state index >= 15 is 0 Å². The molecular weight excluding hydrogens is 642 g/mol. The molecule has 46 heavy (non-hydrogen) atoms. The third kappa shape index (κ3) is 9.84. The van der Waals surface area contributed by atoms with Crippen LogP contribution in [0.15, 0.2) is 36.9 Å². The zero-order valence-corrected chi connectivity index (χ0v) is 25.7. The van der Waals surface area contributed by atoms with Crippen molar-refractivity contribution in [2.75, 3.05) is 25.8 Å². The first kappa shape index (κ1) is 36.2. The summed E-state index contributed by atoms with van der Waals surface area (Å²) in [7, 11) is -2.31. The number of rotatable bonds is 10. The minimum atomic E-state index is -5.08. The van der Waals surface area contributed by atoms with Gasteiger partial charge >= 0.3 is 25.7 Å². The third-order valence-corrected chi connectivity index (χ3v) is 7.93. The number of ether oxygens (including phenoxy) is 2. The molecule has 252 valence electrons. The molecule has 16 nitrogen and oxygen atoms in total. The van der Waals surface area contributed by atoms with E-state index in [1.54, 1.807) is 35.2 Å². The molecular formula is C26H33F3N7O9P.